The first-order valence-corrected chi connectivity index (χ1v) is 6.83. The molecular formula is C16H12F2S. The van der Waals surface area contributed by atoms with Crippen molar-refractivity contribution >= 4 is 21.4 Å². The number of hydrogen-bond donors (Lipinski definition) is 0. The Morgan fingerprint density at radius 2 is 1.53 bits per heavy atom. The van der Waals surface area contributed by atoms with E-state index < -0.39 is 11.6 Å². The molecule has 0 unspecified atom stereocenters. The van der Waals surface area contributed by atoms with Crippen molar-refractivity contribution in [3.05, 3.63) is 59.2 Å². The Morgan fingerprint density at radius 3 is 2.21 bits per heavy atom. The molecule has 0 aliphatic heterocycles. The van der Waals surface area contributed by atoms with Gasteiger partial charge in [-0.25, -0.2) is 8.78 Å². The molecule has 0 amide bonds. The molecule has 0 bridgehead atoms. The first-order chi connectivity index (χ1) is 9.08. The number of halogens is 2. The van der Waals surface area contributed by atoms with Crippen LogP contribution in [0.5, 0.6) is 0 Å². The van der Waals surface area contributed by atoms with Gasteiger partial charge in [-0.3, -0.25) is 0 Å². The zero-order chi connectivity index (χ0) is 13.6. The molecule has 3 heteroatoms. The molecule has 0 nitrogen and oxygen atoms in total. The van der Waals surface area contributed by atoms with Crippen LogP contribution in [0.2, 0.25) is 0 Å². The molecule has 0 spiro atoms. The van der Waals surface area contributed by atoms with Crippen molar-refractivity contribution < 1.29 is 8.78 Å². The van der Waals surface area contributed by atoms with E-state index in [-0.39, 0.29) is 5.39 Å². The lowest BCUT2D eigenvalue weighted by Gasteiger charge is -1.99. The minimum Gasteiger partial charge on any atom is -0.206 e. The van der Waals surface area contributed by atoms with Crippen LogP contribution in [0.15, 0.2) is 36.4 Å². The van der Waals surface area contributed by atoms with Crippen molar-refractivity contribution in [2.75, 3.05) is 0 Å². The molecule has 2 aromatic carbocycles. The summed E-state index contributed by atoms with van der Waals surface area (Å²) in [5, 5.41) is 0.112. The van der Waals surface area contributed by atoms with E-state index in [4.69, 9.17) is 0 Å². The van der Waals surface area contributed by atoms with Crippen LogP contribution in [0, 0.1) is 25.5 Å². The van der Waals surface area contributed by atoms with E-state index in [1.807, 2.05) is 31.2 Å². The van der Waals surface area contributed by atoms with Gasteiger partial charge in [-0.15, -0.1) is 11.3 Å². The third-order valence-corrected chi connectivity index (χ3v) is 4.42. The summed E-state index contributed by atoms with van der Waals surface area (Å²) in [7, 11) is 0. The van der Waals surface area contributed by atoms with Gasteiger partial charge >= 0.3 is 0 Å². The maximum absolute atomic E-state index is 14.4. The van der Waals surface area contributed by atoms with Gasteiger partial charge in [0.25, 0.3) is 0 Å². The van der Waals surface area contributed by atoms with Crippen LogP contribution in [0.1, 0.15) is 11.1 Å². The first kappa shape index (κ1) is 12.3. The predicted octanol–water partition coefficient (Wildman–Crippen LogP) is 5.46. The molecular weight excluding hydrogens is 262 g/mol. The molecule has 3 aromatic rings. The fourth-order valence-electron chi connectivity index (χ4n) is 2.11. The van der Waals surface area contributed by atoms with E-state index in [1.54, 1.807) is 19.1 Å². The summed E-state index contributed by atoms with van der Waals surface area (Å²) in [5.74, 6) is -0.908. The van der Waals surface area contributed by atoms with Crippen molar-refractivity contribution in [1.29, 1.82) is 0 Å². The smallest absolute Gasteiger partial charge is 0.152 e. The Morgan fingerprint density at radius 1 is 0.842 bits per heavy atom. The lowest BCUT2D eigenvalue weighted by Crippen LogP contribution is -1.85. The van der Waals surface area contributed by atoms with Gasteiger partial charge in [0.2, 0.25) is 0 Å². The average Bonchev–Trinajstić information content (AvgIpc) is 2.73. The highest BCUT2D eigenvalue weighted by atomic mass is 32.1. The lowest BCUT2D eigenvalue weighted by atomic mass is 10.1. The first-order valence-electron chi connectivity index (χ1n) is 6.02. The van der Waals surface area contributed by atoms with Crippen molar-refractivity contribution in [2.45, 2.75) is 13.8 Å². The molecule has 0 aliphatic rings. The van der Waals surface area contributed by atoms with Gasteiger partial charge in [0, 0.05) is 4.70 Å². The Labute approximate surface area is 114 Å². The Balaban J connectivity index is 2.28. The molecule has 0 saturated carbocycles. The number of benzene rings is 2. The molecule has 0 atom stereocenters. The van der Waals surface area contributed by atoms with Gasteiger partial charge in [-0.05, 0) is 31.0 Å². The van der Waals surface area contributed by atoms with Gasteiger partial charge in [0.05, 0.1) is 10.3 Å². The number of rotatable bonds is 1. The van der Waals surface area contributed by atoms with E-state index in [1.165, 1.54) is 11.3 Å². The molecule has 96 valence electrons. The van der Waals surface area contributed by atoms with Crippen LogP contribution in [-0.2, 0) is 0 Å². The number of fused-ring (bicyclic) bond motifs is 1. The van der Waals surface area contributed by atoms with Gasteiger partial charge < -0.3 is 0 Å². The van der Waals surface area contributed by atoms with Crippen LogP contribution in [0.4, 0.5) is 8.78 Å². The summed E-state index contributed by atoms with van der Waals surface area (Å²) in [6.07, 6.45) is 0. The molecule has 0 fully saturated rings. The normalized spacial score (nSPS) is 11.2. The van der Waals surface area contributed by atoms with Crippen molar-refractivity contribution in [2.24, 2.45) is 0 Å². The molecule has 0 aliphatic carbocycles. The third kappa shape index (κ3) is 1.94. The quantitative estimate of drug-likeness (QED) is 0.552. The van der Waals surface area contributed by atoms with Crippen LogP contribution < -0.4 is 0 Å². The van der Waals surface area contributed by atoms with Gasteiger partial charge in [0.1, 0.15) is 5.82 Å². The fourth-order valence-corrected chi connectivity index (χ4v) is 3.19. The summed E-state index contributed by atoms with van der Waals surface area (Å²) in [6, 6.07) is 11.1. The Kier molecular flexibility index (Phi) is 2.86. The SMILES string of the molecule is Cc1ccc(-c2sc3ccc(C)c(F)c3c2F)cc1. The molecule has 0 saturated heterocycles. The topological polar surface area (TPSA) is 0 Å². The Hall–Kier alpha value is -1.74. The molecule has 1 heterocycles. The van der Waals surface area contributed by atoms with E-state index in [9.17, 15) is 8.78 Å². The second kappa shape index (κ2) is 4.42. The highest BCUT2D eigenvalue weighted by Crippen LogP contribution is 2.39. The highest BCUT2D eigenvalue weighted by molar-refractivity contribution is 7.22. The summed E-state index contributed by atoms with van der Waals surface area (Å²) >= 11 is 1.29. The maximum Gasteiger partial charge on any atom is 0.152 e. The van der Waals surface area contributed by atoms with Crippen molar-refractivity contribution in [1.82, 2.24) is 0 Å². The number of aryl methyl sites for hydroxylation is 2. The molecule has 1 aromatic heterocycles. The second-order valence-corrected chi connectivity index (χ2v) is 5.73. The minimum absolute atomic E-state index is 0.112. The molecule has 0 radical (unpaired) electrons. The highest BCUT2D eigenvalue weighted by Gasteiger charge is 2.17. The second-order valence-electron chi connectivity index (χ2n) is 4.68. The van der Waals surface area contributed by atoms with Gasteiger partial charge in [-0.2, -0.15) is 0 Å². The number of hydrogen-bond acceptors (Lipinski definition) is 1. The van der Waals surface area contributed by atoms with Crippen molar-refractivity contribution in [3.8, 4) is 10.4 Å². The summed E-state index contributed by atoms with van der Waals surface area (Å²) in [6.45, 7) is 3.63. The van der Waals surface area contributed by atoms with Gasteiger partial charge in [0.15, 0.2) is 5.82 Å². The van der Waals surface area contributed by atoms with E-state index in [0.717, 1.165) is 11.1 Å². The summed E-state index contributed by atoms with van der Waals surface area (Å²) in [5.41, 5.74) is 2.38. The van der Waals surface area contributed by atoms with Crippen LogP contribution in [-0.4, -0.2) is 0 Å². The monoisotopic (exact) mass is 274 g/mol. The Bertz CT molecular complexity index is 755. The van der Waals surface area contributed by atoms with E-state index in [0.29, 0.717) is 15.1 Å². The van der Waals surface area contributed by atoms with E-state index in [2.05, 4.69) is 0 Å². The zero-order valence-corrected chi connectivity index (χ0v) is 11.4. The lowest BCUT2D eigenvalue weighted by molar-refractivity contribution is 0.607. The maximum atomic E-state index is 14.4. The van der Waals surface area contributed by atoms with Crippen LogP contribution in [0.25, 0.3) is 20.5 Å². The predicted molar refractivity (Wildman–Crippen MR) is 76.7 cm³/mol. The third-order valence-electron chi connectivity index (χ3n) is 3.24. The summed E-state index contributed by atoms with van der Waals surface area (Å²) < 4.78 is 29.1. The fraction of sp³-hybridized carbons (Fsp3) is 0.125. The average molecular weight is 274 g/mol. The van der Waals surface area contributed by atoms with Crippen molar-refractivity contribution in [3.63, 3.8) is 0 Å². The minimum atomic E-state index is -0.454. The molecule has 3 rings (SSSR count). The van der Waals surface area contributed by atoms with Crippen LogP contribution >= 0.6 is 11.3 Å². The standard InChI is InChI=1S/C16H12F2S/c1-9-3-6-11(7-4-9)16-15(18)13-12(19-16)8-5-10(2)14(13)17/h3-8H,1-2H3. The number of thiophene rings is 1. The largest absolute Gasteiger partial charge is 0.206 e. The molecule has 0 N–H and O–H groups in total. The van der Waals surface area contributed by atoms with E-state index >= 15 is 0 Å². The molecule has 19 heavy (non-hydrogen) atoms. The summed E-state index contributed by atoms with van der Waals surface area (Å²) in [4.78, 5) is 0.500. The van der Waals surface area contributed by atoms with Crippen LogP contribution in [0.3, 0.4) is 0 Å². The zero-order valence-electron chi connectivity index (χ0n) is 10.6. The van der Waals surface area contributed by atoms with Gasteiger partial charge in [-0.1, -0.05) is 35.9 Å².